The minimum Gasteiger partial charge on any atom is -0.465 e. The van der Waals surface area contributed by atoms with Crippen molar-refractivity contribution in [2.45, 2.75) is 38.8 Å². The fraction of sp³-hybridized carbons (Fsp3) is 0.375. The number of hydrogen-bond acceptors (Lipinski definition) is 4. The summed E-state index contributed by atoms with van der Waals surface area (Å²) in [5.74, 6) is -0.910. The molecule has 2 aromatic rings. The molecule has 9 heteroatoms. The van der Waals surface area contributed by atoms with Gasteiger partial charge >= 0.3 is 6.09 Å². The minimum absolute atomic E-state index is 0.225. The monoisotopic (exact) mass is 472 g/mol. The minimum atomic E-state index is -1.18. The quantitative estimate of drug-likeness (QED) is 0.527. The zero-order valence-corrected chi connectivity index (χ0v) is 19.7. The van der Waals surface area contributed by atoms with Crippen LogP contribution in [0, 0.1) is 5.92 Å². The van der Waals surface area contributed by atoms with E-state index in [9.17, 15) is 19.5 Å². The highest BCUT2D eigenvalue weighted by Gasteiger charge is 2.40. The summed E-state index contributed by atoms with van der Waals surface area (Å²) in [7, 11) is 1.38. The average Bonchev–Trinajstić information content (AvgIpc) is 3.28. The first-order chi connectivity index (χ1) is 15.7. The average molecular weight is 473 g/mol. The van der Waals surface area contributed by atoms with Gasteiger partial charge in [0.05, 0.1) is 5.69 Å². The summed E-state index contributed by atoms with van der Waals surface area (Å²) in [6, 6.07) is 13.5. The van der Waals surface area contributed by atoms with E-state index in [2.05, 4.69) is 10.9 Å². The Balaban J connectivity index is 1.67. The topological polar surface area (TPSA) is 102 Å². The standard InChI is InChI=1S/C24H29ClN4O4/c1-15(2)21(28(3)24(32)33)23(31)29-13-5-8-20(29)22(30)27-26-19-7-4-6-17(14-19)16-9-11-18(25)12-10-16/h4,6-7,9-12,14-15,20-21,26H,5,8,13H2,1-3H3,(H,27,30)(H,32,33). The molecular formula is C24H29ClN4O4. The van der Waals surface area contributed by atoms with Gasteiger partial charge in [-0.3, -0.25) is 25.3 Å². The van der Waals surface area contributed by atoms with E-state index >= 15 is 0 Å². The van der Waals surface area contributed by atoms with Crippen molar-refractivity contribution in [3.8, 4) is 11.1 Å². The summed E-state index contributed by atoms with van der Waals surface area (Å²) < 4.78 is 0. The van der Waals surface area contributed by atoms with Crippen LogP contribution >= 0.6 is 11.6 Å². The number of amides is 3. The predicted molar refractivity (Wildman–Crippen MR) is 128 cm³/mol. The van der Waals surface area contributed by atoms with Crippen LogP contribution in [0.15, 0.2) is 48.5 Å². The number of nitrogens with one attached hydrogen (secondary N) is 2. The van der Waals surface area contributed by atoms with Gasteiger partial charge in [-0.25, -0.2) is 4.79 Å². The van der Waals surface area contributed by atoms with E-state index in [4.69, 9.17) is 11.6 Å². The molecule has 1 saturated heterocycles. The summed E-state index contributed by atoms with van der Waals surface area (Å²) >= 11 is 5.96. The maximum absolute atomic E-state index is 13.2. The van der Waals surface area contributed by atoms with Gasteiger partial charge in [-0.05, 0) is 54.2 Å². The fourth-order valence-corrected chi connectivity index (χ4v) is 4.25. The zero-order valence-electron chi connectivity index (χ0n) is 18.9. The Hall–Kier alpha value is -3.26. The fourth-order valence-electron chi connectivity index (χ4n) is 4.13. The Morgan fingerprint density at radius 3 is 2.45 bits per heavy atom. The van der Waals surface area contributed by atoms with E-state index in [-0.39, 0.29) is 17.7 Å². The molecule has 3 amide bonds. The number of benzene rings is 2. The Morgan fingerprint density at radius 1 is 1.12 bits per heavy atom. The van der Waals surface area contributed by atoms with Gasteiger partial charge in [0.1, 0.15) is 12.1 Å². The molecule has 0 bridgehead atoms. The third-order valence-electron chi connectivity index (χ3n) is 5.81. The molecule has 0 aromatic heterocycles. The SMILES string of the molecule is CC(C)C(C(=O)N1CCCC1C(=O)NNc1cccc(-c2ccc(Cl)cc2)c1)N(C)C(=O)O. The van der Waals surface area contributed by atoms with Gasteiger partial charge in [0.25, 0.3) is 5.91 Å². The highest BCUT2D eigenvalue weighted by molar-refractivity contribution is 6.30. The summed E-state index contributed by atoms with van der Waals surface area (Å²) in [5.41, 5.74) is 8.27. The first kappa shape index (κ1) is 24.4. The van der Waals surface area contributed by atoms with E-state index in [0.29, 0.717) is 30.1 Å². The van der Waals surface area contributed by atoms with Gasteiger partial charge in [0.15, 0.2) is 0 Å². The highest BCUT2D eigenvalue weighted by Crippen LogP contribution is 2.25. The van der Waals surface area contributed by atoms with Gasteiger partial charge in [0, 0.05) is 18.6 Å². The van der Waals surface area contributed by atoms with Gasteiger partial charge in [-0.15, -0.1) is 0 Å². The van der Waals surface area contributed by atoms with Crippen molar-refractivity contribution < 1.29 is 19.5 Å². The molecule has 2 aromatic carbocycles. The third kappa shape index (κ3) is 5.76. The molecule has 176 valence electrons. The van der Waals surface area contributed by atoms with Crippen LogP contribution in [-0.2, 0) is 9.59 Å². The number of carbonyl (C=O) groups excluding carboxylic acids is 2. The van der Waals surface area contributed by atoms with Crippen molar-refractivity contribution in [2.24, 2.45) is 5.92 Å². The van der Waals surface area contributed by atoms with E-state index < -0.39 is 18.2 Å². The molecule has 1 aliphatic rings. The number of nitrogens with zero attached hydrogens (tertiary/aromatic N) is 2. The molecule has 2 atom stereocenters. The number of halogens is 1. The molecule has 1 heterocycles. The maximum Gasteiger partial charge on any atom is 0.407 e. The largest absolute Gasteiger partial charge is 0.465 e. The molecular weight excluding hydrogens is 444 g/mol. The molecule has 0 aliphatic carbocycles. The van der Waals surface area contributed by atoms with Crippen LogP contribution in [0.1, 0.15) is 26.7 Å². The van der Waals surface area contributed by atoms with E-state index in [1.165, 1.54) is 11.9 Å². The molecule has 0 saturated carbocycles. The van der Waals surface area contributed by atoms with Crippen LogP contribution in [0.4, 0.5) is 10.5 Å². The van der Waals surface area contributed by atoms with Gasteiger partial charge < -0.3 is 10.0 Å². The molecule has 8 nitrogen and oxygen atoms in total. The number of likely N-dealkylation sites (N-methyl/N-ethyl adjacent to an activating group) is 1. The molecule has 33 heavy (non-hydrogen) atoms. The number of hydrazine groups is 1. The van der Waals surface area contributed by atoms with Crippen LogP contribution in [0.2, 0.25) is 5.02 Å². The van der Waals surface area contributed by atoms with E-state index in [1.54, 1.807) is 13.8 Å². The van der Waals surface area contributed by atoms with Crippen molar-refractivity contribution >= 4 is 35.2 Å². The summed E-state index contributed by atoms with van der Waals surface area (Å²) in [6.07, 6.45) is 0.0212. The summed E-state index contributed by atoms with van der Waals surface area (Å²) in [6.45, 7) is 4.00. The van der Waals surface area contributed by atoms with E-state index in [0.717, 1.165) is 16.0 Å². The first-order valence-electron chi connectivity index (χ1n) is 10.9. The number of carbonyl (C=O) groups is 3. The van der Waals surface area contributed by atoms with Crippen molar-refractivity contribution in [3.63, 3.8) is 0 Å². The lowest BCUT2D eigenvalue weighted by molar-refractivity contribution is -0.142. The van der Waals surface area contributed by atoms with Crippen LogP contribution in [-0.4, -0.2) is 58.5 Å². The molecule has 0 radical (unpaired) electrons. The molecule has 1 aliphatic heterocycles. The Bertz CT molecular complexity index is 1010. The lowest BCUT2D eigenvalue weighted by atomic mass is 10.0. The summed E-state index contributed by atoms with van der Waals surface area (Å²) in [5, 5.41) is 10.0. The smallest absolute Gasteiger partial charge is 0.407 e. The Morgan fingerprint density at radius 2 is 1.82 bits per heavy atom. The van der Waals surface area contributed by atoms with Gasteiger partial charge in [0.2, 0.25) is 5.91 Å². The first-order valence-corrected chi connectivity index (χ1v) is 11.2. The Kier molecular flexibility index (Phi) is 7.81. The third-order valence-corrected chi connectivity index (χ3v) is 6.06. The van der Waals surface area contributed by atoms with Crippen molar-refractivity contribution in [2.75, 3.05) is 19.0 Å². The number of carboxylic acid groups (broad SMARTS) is 1. The lowest BCUT2D eigenvalue weighted by Gasteiger charge is -2.33. The lowest BCUT2D eigenvalue weighted by Crippen LogP contribution is -2.55. The molecule has 1 fully saturated rings. The van der Waals surface area contributed by atoms with Crippen LogP contribution in [0.3, 0.4) is 0 Å². The van der Waals surface area contributed by atoms with Gasteiger partial charge in [-0.2, -0.15) is 0 Å². The van der Waals surface area contributed by atoms with Crippen molar-refractivity contribution in [1.82, 2.24) is 15.2 Å². The number of hydrogen-bond donors (Lipinski definition) is 3. The molecule has 3 N–H and O–H groups in total. The highest BCUT2D eigenvalue weighted by atomic mass is 35.5. The zero-order chi connectivity index (χ0) is 24.1. The second-order valence-corrected chi connectivity index (χ2v) is 8.91. The second kappa shape index (κ2) is 10.6. The normalized spacial score (nSPS) is 16.4. The molecule has 0 spiro atoms. The van der Waals surface area contributed by atoms with Crippen LogP contribution < -0.4 is 10.9 Å². The number of likely N-dealkylation sites (tertiary alicyclic amines) is 1. The van der Waals surface area contributed by atoms with Crippen molar-refractivity contribution in [3.05, 3.63) is 53.6 Å². The maximum atomic E-state index is 13.2. The van der Waals surface area contributed by atoms with Crippen LogP contribution in [0.5, 0.6) is 0 Å². The molecule has 2 unspecified atom stereocenters. The van der Waals surface area contributed by atoms with Crippen molar-refractivity contribution in [1.29, 1.82) is 0 Å². The Labute approximate surface area is 198 Å². The van der Waals surface area contributed by atoms with Crippen LogP contribution in [0.25, 0.3) is 11.1 Å². The van der Waals surface area contributed by atoms with E-state index in [1.807, 2.05) is 48.5 Å². The van der Waals surface area contributed by atoms with Gasteiger partial charge in [-0.1, -0.05) is 49.7 Å². The number of anilines is 1. The second-order valence-electron chi connectivity index (χ2n) is 8.47. The molecule has 3 rings (SSSR count). The number of rotatable bonds is 7. The predicted octanol–water partition coefficient (Wildman–Crippen LogP) is 4.08. The summed E-state index contributed by atoms with van der Waals surface area (Å²) in [4.78, 5) is 40.0.